The molecule has 0 radical (unpaired) electrons. The molecule has 4 nitrogen and oxygen atoms in total. The van der Waals surface area contributed by atoms with E-state index in [1.165, 1.54) is 0 Å². The SMILES string of the molecule is CC(C)N(CCCO)CC(N)=O. The normalized spacial score (nSPS) is 11.1. The Labute approximate surface area is 73.3 Å². The van der Waals surface area contributed by atoms with Gasteiger partial charge < -0.3 is 10.8 Å². The number of aliphatic hydroxyl groups is 1. The molecule has 0 spiro atoms. The highest BCUT2D eigenvalue weighted by atomic mass is 16.3. The lowest BCUT2D eigenvalue weighted by molar-refractivity contribution is -0.119. The fourth-order valence-electron chi connectivity index (χ4n) is 0.994. The van der Waals surface area contributed by atoms with Crippen LogP contribution in [0.4, 0.5) is 0 Å². The van der Waals surface area contributed by atoms with Gasteiger partial charge in [0, 0.05) is 19.2 Å². The lowest BCUT2D eigenvalue weighted by Crippen LogP contribution is -2.39. The largest absolute Gasteiger partial charge is 0.396 e. The second-order valence-corrected chi connectivity index (χ2v) is 3.11. The molecule has 0 fully saturated rings. The van der Waals surface area contributed by atoms with Crippen LogP contribution in [0.3, 0.4) is 0 Å². The van der Waals surface area contributed by atoms with Gasteiger partial charge in [-0.3, -0.25) is 9.69 Å². The van der Waals surface area contributed by atoms with E-state index in [1.807, 2.05) is 18.7 Å². The molecule has 0 aromatic rings. The zero-order valence-corrected chi connectivity index (χ0v) is 7.79. The van der Waals surface area contributed by atoms with Gasteiger partial charge in [0.1, 0.15) is 0 Å². The minimum atomic E-state index is -0.318. The fourth-order valence-corrected chi connectivity index (χ4v) is 0.994. The molecule has 0 saturated heterocycles. The maximum Gasteiger partial charge on any atom is 0.231 e. The van der Waals surface area contributed by atoms with E-state index in [0.717, 1.165) is 6.54 Å². The minimum absolute atomic E-state index is 0.155. The minimum Gasteiger partial charge on any atom is -0.396 e. The molecule has 1 amide bonds. The number of hydrogen-bond acceptors (Lipinski definition) is 3. The molecule has 3 N–H and O–H groups in total. The third-order valence-corrected chi connectivity index (χ3v) is 1.69. The van der Waals surface area contributed by atoms with Crippen molar-refractivity contribution in [2.24, 2.45) is 5.73 Å². The number of aliphatic hydroxyl groups excluding tert-OH is 1. The van der Waals surface area contributed by atoms with Crippen LogP contribution in [0.15, 0.2) is 0 Å². The molecule has 0 aromatic carbocycles. The highest BCUT2D eigenvalue weighted by Crippen LogP contribution is 1.98. The summed E-state index contributed by atoms with van der Waals surface area (Å²) in [4.78, 5) is 12.5. The second kappa shape index (κ2) is 5.97. The summed E-state index contributed by atoms with van der Waals surface area (Å²) in [6, 6.07) is 0.295. The summed E-state index contributed by atoms with van der Waals surface area (Å²) in [6.07, 6.45) is 0.686. The van der Waals surface area contributed by atoms with Crippen molar-refractivity contribution in [1.29, 1.82) is 0 Å². The van der Waals surface area contributed by atoms with Crippen molar-refractivity contribution in [1.82, 2.24) is 4.90 Å². The molecule has 0 aliphatic carbocycles. The zero-order valence-electron chi connectivity index (χ0n) is 7.79. The van der Waals surface area contributed by atoms with Crippen LogP contribution in [-0.4, -0.2) is 41.7 Å². The molecule has 0 saturated carbocycles. The second-order valence-electron chi connectivity index (χ2n) is 3.11. The van der Waals surface area contributed by atoms with Gasteiger partial charge >= 0.3 is 0 Å². The first-order chi connectivity index (χ1) is 5.57. The van der Waals surface area contributed by atoms with Crippen molar-refractivity contribution in [3.63, 3.8) is 0 Å². The Balaban J connectivity index is 3.78. The van der Waals surface area contributed by atoms with E-state index in [4.69, 9.17) is 10.8 Å². The van der Waals surface area contributed by atoms with E-state index >= 15 is 0 Å². The van der Waals surface area contributed by atoms with Gasteiger partial charge in [0.2, 0.25) is 5.91 Å². The predicted molar refractivity (Wildman–Crippen MR) is 47.6 cm³/mol. The molecule has 0 rings (SSSR count). The Morgan fingerprint density at radius 1 is 1.58 bits per heavy atom. The summed E-state index contributed by atoms with van der Waals surface area (Å²) in [6.45, 7) is 5.15. The van der Waals surface area contributed by atoms with Gasteiger partial charge in [-0.2, -0.15) is 0 Å². The summed E-state index contributed by atoms with van der Waals surface area (Å²) in [5.41, 5.74) is 5.06. The average molecular weight is 174 g/mol. The highest BCUT2D eigenvalue weighted by molar-refractivity contribution is 5.75. The predicted octanol–water partition coefficient (Wildman–Crippen LogP) is -0.435. The monoisotopic (exact) mass is 174 g/mol. The van der Waals surface area contributed by atoms with Crippen LogP contribution in [0.25, 0.3) is 0 Å². The van der Waals surface area contributed by atoms with Crippen molar-refractivity contribution in [3.05, 3.63) is 0 Å². The number of carbonyl (C=O) groups excluding carboxylic acids is 1. The standard InChI is InChI=1S/C8H18N2O2/c1-7(2)10(4-3-5-11)6-8(9)12/h7,11H,3-6H2,1-2H3,(H2,9,12). The molecule has 0 aromatic heterocycles. The van der Waals surface area contributed by atoms with Gasteiger partial charge in [0.05, 0.1) is 6.54 Å². The molecular weight excluding hydrogens is 156 g/mol. The Kier molecular flexibility index (Phi) is 5.66. The van der Waals surface area contributed by atoms with Crippen molar-refractivity contribution in [3.8, 4) is 0 Å². The number of nitrogens with two attached hydrogens (primary N) is 1. The number of amides is 1. The molecule has 12 heavy (non-hydrogen) atoms. The lowest BCUT2D eigenvalue weighted by Gasteiger charge is -2.24. The topological polar surface area (TPSA) is 66.6 Å². The summed E-state index contributed by atoms with van der Waals surface area (Å²) in [5, 5.41) is 8.59. The number of primary amides is 1. The van der Waals surface area contributed by atoms with Crippen molar-refractivity contribution < 1.29 is 9.90 Å². The fraction of sp³-hybridized carbons (Fsp3) is 0.875. The summed E-state index contributed by atoms with van der Waals surface area (Å²) in [5.74, 6) is -0.318. The Bertz CT molecular complexity index is 137. The van der Waals surface area contributed by atoms with Crippen LogP contribution in [-0.2, 0) is 4.79 Å². The highest BCUT2D eigenvalue weighted by Gasteiger charge is 2.10. The Hall–Kier alpha value is -0.610. The average Bonchev–Trinajstić information content (AvgIpc) is 1.96. The molecule has 0 aliphatic heterocycles. The first kappa shape index (κ1) is 11.4. The van der Waals surface area contributed by atoms with E-state index < -0.39 is 0 Å². The van der Waals surface area contributed by atoms with Crippen LogP contribution in [0.1, 0.15) is 20.3 Å². The van der Waals surface area contributed by atoms with Crippen molar-refractivity contribution in [2.75, 3.05) is 19.7 Å². The number of nitrogens with zero attached hydrogens (tertiary/aromatic N) is 1. The zero-order chi connectivity index (χ0) is 9.56. The molecule has 0 aliphatic rings. The van der Waals surface area contributed by atoms with Crippen molar-refractivity contribution in [2.45, 2.75) is 26.3 Å². The third-order valence-electron chi connectivity index (χ3n) is 1.69. The maximum absolute atomic E-state index is 10.6. The van der Waals surface area contributed by atoms with Gasteiger partial charge in [-0.1, -0.05) is 0 Å². The van der Waals surface area contributed by atoms with E-state index in [9.17, 15) is 4.79 Å². The van der Waals surface area contributed by atoms with Crippen LogP contribution < -0.4 is 5.73 Å². The van der Waals surface area contributed by atoms with E-state index in [-0.39, 0.29) is 19.1 Å². The van der Waals surface area contributed by atoms with E-state index in [1.54, 1.807) is 0 Å². The van der Waals surface area contributed by atoms with Gasteiger partial charge in [-0.15, -0.1) is 0 Å². The molecule has 72 valence electrons. The smallest absolute Gasteiger partial charge is 0.231 e. The third kappa shape index (κ3) is 5.09. The first-order valence-electron chi connectivity index (χ1n) is 4.21. The van der Waals surface area contributed by atoms with E-state index in [0.29, 0.717) is 12.5 Å². The number of hydrogen-bond donors (Lipinski definition) is 2. The molecule has 0 atom stereocenters. The maximum atomic E-state index is 10.6. The molecule has 0 bridgehead atoms. The molecule has 4 heteroatoms. The van der Waals surface area contributed by atoms with Crippen molar-refractivity contribution >= 4 is 5.91 Å². The van der Waals surface area contributed by atoms with E-state index in [2.05, 4.69) is 0 Å². The van der Waals surface area contributed by atoms with Gasteiger partial charge in [-0.25, -0.2) is 0 Å². The summed E-state index contributed by atoms with van der Waals surface area (Å²) in [7, 11) is 0. The molecular formula is C8H18N2O2. The number of rotatable bonds is 6. The van der Waals surface area contributed by atoms with Gasteiger partial charge in [0.25, 0.3) is 0 Å². The quantitative estimate of drug-likeness (QED) is 0.574. The van der Waals surface area contributed by atoms with Crippen LogP contribution in [0.2, 0.25) is 0 Å². The lowest BCUT2D eigenvalue weighted by atomic mass is 10.3. The van der Waals surface area contributed by atoms with Gasteiger partial charge in [0.15, 0.2) is 0 Å². The Morgan fingerprint density at radius 3 is 2.50 bits per heavy atom. The van der Waals surface area contributed by atoms with Crippen LogP contribution in [0.5, 0.6) is 0 Å². The first-order valence-corrected chi connectivity index (χ1v) is 4.21. The Morgan fingerprint density at radius 2 is 2.17 bits per heavy atom. The summed E-state index contributed by atoms with van der Waals surface area (Å²) < 4.78 is 0. The summed E-state index contributed by atoms with van der Waals surface area (Å²) >= 11 is 0. The van der Waals surface area contributed by atoms with Crippen LogP contribution >= 0.6 is 0 Å². The molecule has 0 heterocycles. The molecule has 0 unspecified atom stereocenters. The van der Waals surface area contributed by atoms with Crippen LogP contribution in [0, 0.1) is 0 Å². The number of carbonyl (C=O) groups is 1. The van der Waals surface area contributed by atoms with Gasteiger partial charge in [-0.05, 0) is 20.3 Å².